The minimum absolute atomic E-state index is 0.0165. The number of phosphoric acid groups is 1. The highest BCUT2D eigenvalue weighted by atomic mass is 31.2. The first-order valence-corrected chi connectivity index (χ1v) is 30.4. The van der Waals surface area contributed by atoms with E-state index in [1.165, 1.54) is 81.9 Å². The predicted molar refractivity (Wildman–Crippen MR) is 300 cm³/mol. The molecule has 2 atom stereocenters. The Morgan fingerprint density at radius 3 is 1.74 bits per heavy atom. The molecule has 0 spiro atoms. The molecule has 428 valence electrons. The highest BCUT2D eigenvalue weighted by molar-refractivity contribution is 7.47. The topological polar surface area (TPSA) is 216 Å². The number of unbranched alkanes of at least 4 members (excludes halogenated alkanes) is 22. The van der Waals surface area contributed by atoms with Crippen LogP contribution in [0.1, 0.15) is 228 Å². The first-order valence-electron chi connectivity index (χ1n) is 28.9. The van der Waals surface area contributed by atoms with Crippen molar-refractivity contribution in [2.45, 2.75) is 226 Å². The maximum Gasteiger partial charge on any atom is 0.472 e. The number of esters is 2. The monoisotopic (exact) mass is 1080 g/mol. The number of aromatic nitrogens is 2. The molecule has 0 saturated carbocycles. The first-order chi connectivity index (χ1) is 37.0. The number of anilines is 2. The lowest BCUT2D eigenvalue weighted by molar-refractivity contribution is -0.161. The summed E-state index contributed by atoms with van der Waals surface area (Å²) in [4.78, 5) is 72.3. The molecule has 2 unspecified atom stereocenters. The van der Waals surface area contributed by atoms with Gasteiger partial charge in [0.2, 0.25) is 5.91 Å². The number of carbonyl (C=O) groups excluding carboxylic acids is 4. The van der Waals surface area contributed by atoms with Crippen molar-refractivity contribution in [1.82, 2.24) is 9.97 Å². The van der Waals surface area contributed by atoms with Crippen molar-refractivity contribution < 1.29 is 56.6 Å². The second kappa shape index (κ2) is 41.6. The van der Waals surface area contributed by atoms with Gasteiger partial charge < -0.3 is 29.6 Å². The van der Waals surface area contributed by atoms with E-state index < -0.39 is 32.5 Å². The molecule has 17 heteroatoms. The van der Waals surface area contributed by atoms with Crippen LogP contribution in [0.25, 0.3) is 0 Å². The highest BCUT2D eigenvalue weighted by Crippen LogP contribution is 2.43. The van der Waals surface area contributed by atoms with Crippen molar-refractivity contribution in [3.63, 3.8) is 0 Å². The normalized spacial score (nSPS) is 13.6. The van der Waals surface area contributed by atoms with Crippen molar-refractivity contribution in [2.75, 3.05) is 50.8 Å². The largest absolute Gasteiger partial charge is 0.472 e. The van der Waals surface area contributed by atoms with Crippen LogP contribution in [0, 0.1) is 0 Å². The number of methoxy groups -OCH3 is 1. The number of amides is 1. The standard InChI is InChI=1S/C59H95N4O12P/c1-4-6-8-10-12-14-16-18-20-22-24-26-28-30-32-36-55(66)72-47-51(75-56(67)37-33-31-29-27-25-23-21-19-17-15-13-11-9-7-5-2)48-74-76(68,69)73-42-34-35-53(64)50-40-38-49(39-41-50)46-63-54(65)45-52-57(60)61-59(62-58(52)63)71-44-43-70-3/h18-21,38-41,51H,4-17,22-37,42-48H2,1-3H3,(H,68,69)(H2,60,61,62)/b20-18+,21-19-. The summed E-state index contributed by atoms with van der Waals surface area (Å²) >= 11 is 0. The van der Waals surface area contributed by atoms with Crippen LogP contribution in [-0.2, 0) is 55.2 Å². The van der Waals surface area contributed by atoms with Gasteiger partial charge in [0.25, 0.3) is 0 Å². The fraction of sp³-hybridized carbons (Fsp3) is 0.695. The number of nitrogens with two attached hydrogens (primary N) is 1. The quantitative estimate of drug-likeness (QED) is 0.0207. The fourth-order valence-corrected chi connectivity index (χ4v) is 9.51. The van der Waals surface area contributed by atoms with Crippen LogP contribution < -0.4 is 15.4 Å². The van der Waals surface area contributed by atoms with Crippen LogP contribution in [-0.4, -0.2) is 84.7 Å². The van der Waals surface area contributed by atoms with E-state index in [-0.39, 0.29) is 82.0 Å². The smallest absolute Gasteiger partial charge is 0.462 e. The number of rotatable bonds is 48. The van der Waals surface area contributed by atoms with E-state index in [1.807, 2.05) is 0 Å². The number of fused-ring (bicyclic) bond motifs is 1. The maximum atomic E-state index is 13.1. The van der Waals surface area contributed by atoms with Crippen LogP contribution in [0.4, 0.5) is 11.6 Å². The van der Waals surface area contributed by atoms with Crippen molar-refractivity contribution in [3.8, 4) is 6.01 Å². The lowest BCUT2D eigenvalue weighted by Crippen LogP contribution is -2.29. The number of allylic oxidation sites excluding steroid dienone is 4. The molecule has 2 aromatic rings. The zero-order valence-corrected chi connectivity index (χ0v) is 47.6. The number of nitrogens with zero attached hydrogens (tertiary/aromatic N) is 3. The number of carbonyl (C=O) groups is 4. The predicted octanol–water partition coefficient (Wildman–Crippen LogP) is 13.8. The molecule has 0 fully saturated rings. The Balaban J connectivity index is 1.40. The van der Waals surface area contributed by atoms with Gasteiger partial charge in [-0.2, -0.15) is 9.97 Å². The molecular formula is C59H95N4O12P. The average Bonchev–Trinajstić information content (AvgIpc) is 3.74. The average molecular weight is 1080 g/mol. The van der Waals surface area contributed by atoms with E-state index in [1.54, 1.807) is 31.4 Å². The van der Waals surface area contributed by atoms with Crippen molar-refractivity contribution in [2.24, 2.45) is 0 Å². The number of benzene rings is 1. The molecule has 1 aromatic heterocycles. The zero-order chi connectivity index (χ0) is 54.9. The SMILES string of the molecule is CCCCCCCC/C=C\CCCCCCCC(=O)OC(COC(=O)CCCCCCC/C=C/CCCCCCCC)COP(=O)(O)OCCCC(=O)c1ccc(CN2C(=O)Cc3c(N)nc(OCCOC)nc32)cc1. The number of nitrogen functional groups attached to an aromatic ring is 1. The number of phosphoric ester groups is 1. The lowest BCUT2D eigenvalue weighted by Gasteiger charge is -2.20. The Morgan fingerprint density at radius 1 is 0.658 bits per heavy atom. The molecule has 0 saturated heterocycles. The molecule has 3 rings (SSSR count). The highest BCUT2D eigenvalue weighted by Gasteiger charge is 2.32. The summed E-state index contributed by atoms with van der Waals surface area (Å²) < 4.78 is 45.0. The summed E-state index contributed by atoms with van der Waals surface area (Å²) in [6.45, 7) is 4.09. The molecule has 0 radical (unpaired) electrons. The number of ketones is 1. The zero-order valence-electron chi connectivity index (χ0n) is 46.7. The van der Waals surface area contributed by atoms with E-state index in [4.69, 9.17) is 33.7 Å². The van der Waals surface area contributed by atoms with E-state index in [9.17, 15) is 28.6 Å². The summed E-state index contributed by atoms with van der Waals surface area (Å²) in [6.07, 6.45) is 38.2. The Kier molecular flexibility index (Phi) is 36.0. The van der Waals surface area contributed by atoms with Crippen LogP contribution in [0.2, 0.25) is 0 Å². The van der Waals surface area contributed by atoms with Gasteiger partial charge in [0.05, 0.1) is 32.8 Å². The Labute approximate surface area is 455 Å². The number of Topliss-reactive ketones (excluding diaryl/α,β-unsaturated/α-hetero) is 1. The molecule has 76 heavy (non-hydrogen) atoms. The third-order valence-corrected chi connectivity index (χ3v) is 14.2. The Bertz CT molecular complexity index is 2030. The third kappa shape index (κ3) is 30.5. The van der Waals surface area contributed by atoms with Crippen molar-refractivity contribution in [3.05, 3.63) is 65.3 Å². The lowest BCUT2D eigenvalue weighted by atomic mass is 10.0. The molecule has 0 bridgehead atoms. The van der Waals surface area contributed by atoms with Gasteiger partial charge in [-0.05, 0) is 76.2 Å². The Hall–Kier alpha value is -4.47. The van der Waals surface area contributed by atoms with Crippen LogP contribution in [0.5, 0.6) is 6.01 Å². The van der Waals surface area contributed by atoms with Crippen LogP contribution in [0.3, 0.4) is 0 Å². The molecule has 1 aliphatic heterocycles. The van der Waals surface area contributed by atoms with E-state index in [0.29, 0.717) is 36.4 Å². The van der Waals surface area contributed by atoms with Gasteiger partial charge in [-0.15, -0.1) is 0 Å². The van der Waals surface area contributed by atoms with E-state index in [2.05, 4.69) is 48.1 Å². The van der Waals surface area contributed by atoms with Crippen LogP contribution >= 0.6 is 7.82 Å². The molecular weight excluding hydrogens is 988 g/mol. The van der Waals surface area contributed by atoms with Gasteiger partial charge in [0.15, 0.2) is 11.9 Å². The van der Waals surface area contributed by atoms with Crippen LogP contribution in [0.15, 0.2) is 48.6 Å². The summed E-state index contributed by atoms with van der Waals surface area (Å²) in [6, 6.07) is 6.83. The van der Waals surface area contributed by atoms with Gasteiger partial charge in [0, 0.05) is 37.5 Å². The van der Waals surface area contributed by atoms with Gasteiger partial charge in [-0.1, -0.05) is 165 Å². The van der Waals surface area contributed by atoms with Gasteiger partial charge >= 0.3 is 25.8 Å². The Morgan fingerprint density at radius 2 is 1.18 bits per heavy atom. The second-order valence-corrected chi connectivity index (χ2v) is 21.4. The third-order valence-electron chi connectivity index (χ3n) is 13.3. The van der Waals surface area contributed by atoms with Gasteiger partial charge in [-0.3, -0.25) is 33.1 Å². The summed E-state index contributed by atoms with van der Waals surface area (Å²) in [5, 5.41) is 0. The molecule has 1 amide bonds. The molecule has 3 N–H and O–H groups in total. The molecule has 16 nitrogen and oxygen atoms in total. The summed E-state index contributed by atoms with van der Waals surface area (Å²) in [7, 11) is -3.10. The second-order valence-electron chi connectivity index (χ2n) is 20.0. The number of hydrogen-bond donors (Lipinski definition) is 2. The molecule has 1 aromatic carbocycles. The van der Waals surface area contributed by atoms with Crippen molar-refractivity contribution in [1.29, 1.82) is 0 Å². The van der Waals surface area contributed by atoms with E-state index >= 15 is 0 Å². The minimum Gasteiger partial charge on any atom is -0.462 e. The van der Waals surface area contributed by atoms with Gasteiger partial charge in [-0.25, -0.2) is 4.57 Å². The molecule has 2 heterocycles. The first kappa shape index (κ1) is 65.8. The fourth-order valence-electron chi connectivity index (χ4n) is 8.72. The van der Waals surface area contributed by atoms with Gasteiger partial charge in [0.1, 0.15) is 24.8 Å². The summed E-state index contributed by atoms with van der Waals surface area (Å²) in [5.41, 5.74) is 7.81. The molecule has 0 aliphatic carbocycles. The maximum absolute atomic E-state index is 13.1. The number of ether oxygens (including phenoxy) is 4. The van der Waals surface area contributed by atoms with Crippen molar-refractivity contribution >= 4 is 43.1 Å². The molecule has 1 aliphatic rings. The summed E-state index contributed by atoms with van der Waals surface area (Å²) in [5.74, 6) is -0.814. The minimum atomic E-state index is -4.65. The number of hydrogen-bond acceptors (Lipinski definition) is 14. The van der Waals surface area contributed by atoms with E-state index in [0.717, 1.165) is 82.6 Å².